The highest BCUT2D eigenvalue weighted by atomic mass is 16.6. The van der Waals surface area contributed by atoms with Gasteiger partial charge in [0.2, 0.25) is 0 Å². The summed E-state index contributed by atoms with van der Waals surface area (Å²) in [5.41, 5.74) is 0.236. The topological polar surface area (TPSA) is 109 Å². The van der Waals surface area contributed by atoms with Crippen molar-refractivity contribution >= 4 is 12.0 Å². The second-order valence-electron chi connectivity index (χ2n) is 3.26. The third kappa shape index (κ3) is 1.98. The summed E-state index contributed by atoms with van der Waals surface area (Å²) in [6.45, 7) is 0. The Labute approximate surface area is 94.9 Å². The summed E-state index contributed by atoms with van der Waals surface area (Å²) in [4.78, 5) is 27.0. The molecule has 2 rings (SSSR count). The molecule has 7 heteroatoms. The van der Waals surface area contributed by atoms with E-state index in [0.717, 1.165) is 0 Å². The van der Waals surface area contributed by atoms with Gasteiger partial charge in [-0.15, -0.1) is 0 Å². The number of aromatic amines is 1. The number of hydrogen-bond acceptors (Lipinski definition) is 5. The smallest absolute Gasteiger partial charge is 0.270 e. The fraction of sp³-hybridized carbons (Fsp3) is 0. The molecule has 0 radical (unpaired) electrons. The molecule has 0 saturated carbocycles. The van der Waals surface area contributed by atoms with Gasteiger partial charge in [-0.25, -0.2) is 4.98 Å². The molecule has 2 aromatic rings. The van der Waals surface area contributed by atoms with Crippen LogP contribution in [0.15, 0.2) is 24.4 Å². The quantitative estimate of drug-likeness (QED) is 0.474. The highest BCUT2D eigenvalue weighted by molar-refractivity contribution is 5.75. The Bertz CT molecular complexity index is 591. The number of rotatable bonds is 3. The molecule has 7 nitrogen and oxygen atoms in total. The Kier molecular flexibility index (Phi) is 2.57. The first-order chi connectivity index (χ1) is 8.11. The van der Waals surface area contributed by atoms with Gasteiger partial charge in [-0.05, 0) is 6.07 Å². The predicted octanol–water partition coefficient (Wildman–Crippen LogP) is 1.50. The van der Waals surface area contributed by atoms with Crippen LogP contribution in [0.3, 0.4) is 0 Å². The molecule has 86 valence electrons. The molecule has 0 saturated heterocycles. The minimum absolute atomic E-state index is 0.151. The Hall–Kier alpha value is -2.70. The maximum atomic E-state index is 10.6. The predicted molar refractivity (Wildman–Crippen MR) is 57.7 cm³/mol. The van der Waals surface area contributed by atoms with Gasteiger partial charge < -0.3 is 10.1 Å². The highest BCUT2D eigenvalue weighted by Crippen LogP contribution is 2.30. The number of aromatic nitrogens is 2. The van der Waals surface area contributed by atoms with Gasteiger partial charge in [-0.1, -0.05) is 0 Å². The van der Waals surface area contributed by atoms with Crippen LogP contribution in [0, 0.1) is 10.1 Å². The zero-order valence-electron chi connectivity index (χ0n) is 8.45. The number of aromatic hydroxyl groups is 1. The number of phenolic OH excluding ortho intramolecular Hbond substituents is 1. The van der Waals surface area contributed by atoms with Crippen LogP contribution < -0.4 is 0 Å². The first kappa shape index (κ1) is 10.8. The number of aldehydes is 1. The molecule has 1 heterocycles. The molecule has 0 aliphatic rings. The van der Waals surface area contributed by atoms with E-state index in [2.05, 4.69) is 9.97 Å². The number of carbonyl (C=O) groups excluding carboxylic acids is 1. The van der Waals surface area contributed by atoms with E-state index in [0.29, 0.717) is 6.29 Å². The lowest BCUT2D eigenvalue weighted by atomic mass is 10.1. The minimum atomic E-state index is -0.577. The molecule has 0 spiro atoms. The first-order valence-corrected chi connectivity index (χ1v) is 4.60. The number of hydrogen-bond donors (Lipinski definition) is 2. The summed E-state index contributed by atoms with van der Waals surface area (Å²) < 4.78 is 0. The van der Waals surface area contributed by atoms with Crippen molar-refractivity contribution in [1.29, 1.82) is 0 Å². The van der Waals surface area contributed by atoms with E-state index in [1.165, 1.54) is 24.4 Å². The minimum Gasteiger partial charge on any atom is -0.507 e. The van der Waals surface area contributed by atoms with Crippen molar-refractivity contribution in [3.05, 3.63) is 40.2 Å². The zero-order valence-corrected chi connectivity index (χ0v) is 8.45. The Morgan fingerprint density at radius 2 is 2.24 bits per heavy atom. The largest absolute Gasteiger partial charge is 0.507 e. The zero-order chi connectivity index (χ0) is 12.4. The molecule has 0 amide bonds. The molecule has 17 heavy (non-hydrogen) atoms. The number of nitrogens with one attached hydrogen (secondary N) is 1. The Morgan fingerprint density at radius 1 is 1.47 bits per heavy atom. The van der Waals surface area contributed by atoms with Gasteiger partial charge in [0.05, 0.1) is 22.4 Å². The van der Waals surface area contributed by atoms with Crippen molar-refractivity contribution in [2.24, 2.45) is 0 Å². The fourth-order valence-electron chi connectivity index (χ4n) is 1.36. The lowest BCUT2D eigenvalue weighted by molar-refractivity contribution is -0.384. The number of imidazole rings is 1. The lowest BCUT2D eigenvalue weighted by Crippen LogP contribution is -1.90. The van der Waals surface area contributed by atoms with Crippen molar-refractivity contribution in [2.75, 3.05) is 0 Å². The number of H-pyrrole nitrogens is 1. The number of carbonyl (C=O) groups is 1. The van der Waals surface area contributed by atoms with Gasteiger partial charge in [0.15, 0.2) is 6.29 Å². The van der Waals surface area contributed by atoms with Crippen molar-refractivity contribution in [2.45, 2.75) is 0 Å². The highest BCUT2D eigenvalue weighted by Gasteiger charge is 2.14. The number of phenols is 1. The summed E-state index contributed by atoms with van der Waals surface area (Å²) in [6, 6.07) is 3.57. The van der Waals surface area contributed by atoms with Crippen LogP contribution in [0.5, 0.6) is 5.75 Å². The second kappa shape index (κ2) is 4.05. The SMILES string of the molecule is O=Cc1cnc(-c2cc([N+](=O)[O-])ccc2O)[nH]1. The lowest BCUT2D eigenvalue weighted by Gasteiger charge is -2.00. The molecule has 0 bridgehead atoms. The number of nitro benzene ring substituents is 1. The summed E-state index contributed by atoms with van der Waals surface area (Å²) >= 11 is 0. The van der Waals surface area contributed by atoms with Crippen LogP contribution in [-0.4, -0.2) is 26.3 Å². The van der Waals surface area contributed by atoms with Gasteiger partial charge >= 0.3 is 0 Å². The van der Waals surface area contributed by atoms with E-state index in [-0.39, 0.29) is 28.5 Å². The molecule has 0 fully saturated rings. The van der Waals surface area contributed by atoms with Gasteiger partial charge in [0.1, 0.15) is 11.6 Å². The van der Waals surface area contributed by atoms with E-state index in [9.17, 15) is 20.0 Å². The average molecular weight is 233 g/mol. The standard InChI is InChI=1S/C10H7N3O4/c14-5-6-4-11-10(12-6)8-3-7(13(16)17)1-2-9(8)15/h1-5,15H,(H,11,12). The van der Waals surface area contributed by atoms with Crippen molar-refractivity contribution < 1.29 is 14.8 Å². The maximum Gasteiger partial charge on any atom is 0.270 e. The van der Waals surface area contributed by atoms with Gasteiger partial charge in [0.25, 0.3) is 5.69 Å². The number of nitrogens with zero attached hydrogens (tertiary/aromatic N) is 2. The first-order valence-electron chi connectivity index (χ1n) is 4.60. The Morgan fingerprint density at radius 3 is 2.82 bits per heavy atom. The van der Waals surface area contributed by atoms with Crippen molar-refractivity contribution in [3.8, 4) is 17.1 Å². The number of benzene rings is 1. The molecule has 1 aromatic heterocycles. The van der Waals surface area contributed by atoms with Gasteiger partial charge in [0, 0.05) is 12.1 Å². The van der Waals surface area contributed by atoms with Crippen LogP contribution in [-0.2, 0) is 0 Å². The van der Waals surface area contributed by atoms with Gasteiger partial charge in [-0.3, -0.25) is 14.9 Å². The van der Waals surface area contributed by atoms with E-state index >= 15 is 0 Å². The van der Waals surface area contributed by atoms with E-state index < -0.39 is 4.92 Å². The summed E-state index contributed by atoms with van der Waals surface area (Å²) in [7, 11) is 0. The summed E-state index contributed by atoms with van der Waals surface area (Å²) in [5.74, 6) is 0.0516. The summed E-state index contributed by atoms with van der Waals surface area (Å²) in [6.07, 6.45) is 1.84. The van der Waals surface area contributed by atoms with Crippen LogP contribution >= 0.6 is 0 Å². The number of nitro groups is 1. The third-order valence-electron chi connectivity index (χ3n) is 2.17. The van der Waals surface area contributed by atoms with Crippen molar-refractivity contribution in [3.63, 3.8) is 0 Å². The van der Waals surface area contributed by atoms with Gasteiger partial charge in [-0.2, -0.15) is 0 Å². The van der Waals surface area contributed by atoms with E-state index in [1.54, 1.807) is 0 Å². The maximum absolute atomic E-state index is 10.6. The molecule has 2 N–H and O–H groups in total. The number of non-ortho nitro benzene ring substituents is 1. The molecular formula is C10H7N3O4. The Balaban J connectivity index is 2.53. The van der Waals surface area contributed by atoms with Crippen LogP contribution in [0.2, 0.25) is 0 Å². The normalized spacial score (nSPS) is 10.1. The fourth-order valence-corrected chi connectivity index (χ4v) is 1.36. The third-order valence-corrected chi connectivity index (χ3v) is 2.17. The van der Waals surface area contributed by atoms with Crippen LogP contribution in [0.25, 0.3) is 11.4 Å². The van der Waals surface area contributed by atoms with E-state index in [4.69, 9.17) is 0 Å². The molecule has 1 aromatic carbocycles. The van der Waals surface area contributed by atoms with Crippen molar-refractivity contribution in [1.82, 2.24) is 9.97 Å². The molecule has 0 atom stereocenters. The molecular weight excluding hydrogens is 226 g/mol. The molecule has 0 unspecified atom stereocenters. The average Bonchev–Trinajstić information content (AvgIpc) is 2.77. The summed E-state index contributed by atoms with van der Waals surface area (Å²) in [5, 5.41) is 20.2. The van der Waals surface area contributed by atoms with Crippen LogP contribution in [0.4, 0.5) is 5.69 Å². The molecule has 0 aliphatic carbocycles. The second-order valence-corrected chi connectivity index (χ2v) is 3.26. The monoisotopic (exact) mass is 233 g/mol. The molecule has 0 aliphatic heterocycles. The van der Waals surface area contributed by atoms with E-state index in [1.807, 2.05) is 0 Å². The van der Waals surface area contributed by atoms with Crippen LogP contribution in [0.1, 0.15) is 10.5 Å².